The summed E-state index contributed by atoms with van der Waals surface area (Å²) in [5.41, 5.74) is 2.53. The third-order valence-corrected chi connectivity index (χ3v) is 4.98. The van der Waals surface area contributed by atoms with Gasteiger partial charge in [0.25, 0.3) is 11.9 Å². The predicted molar refractivity (Wildman–Crippen MR) is 112 cm³/mol. The summed E-state index contributed by atoms with van der Waals surface area (Å²) in [5, 5.41) is 18.3. The van der Waals surface area contributed by atoms with E-state index in [2.05, 4.69) is 15.4 Å². The lowest BCUT2D eigenvalue weighted by molar-refractivity contribution is -0.112. The van der Waals surface area contributed by atoms with Gasteiger partial charge in [0.2, 0.25) is 4.96 Å². The maximum atomic E-state index is 12.5. The number of hydrogen-bond acceptors (Lipinski definition) is 6. The van der Waals surface area contributed by atoms with Crippen molar-refractivity contribution < 1.29 is 9.53 Å². The van der Waals surface area contributed by atoms with E-state index in [0.29, 0.717) is 4.96 Å². The number of amides is 1. The monoisotopic (exact) mass is 401 g/mol. The average Bonchev–Trinajstić information content (AvgIpc) is 3.33. The fraction of sp³-hybridized carbons (Fsp3) is 0.0476. The summed E-state index contributed by atoms with van der Waals surface area (Å²) >= 11 is 1.41. The van der Waals surface area contributed by atoms with Crippen molar-refractivity contribution in [3.05, 3.63) is 71.1 Å². The van der Waals surface area contributed by atoms with Gasteiger partial charge in [0.15, 0.2) is 0 Å². The number of aromatic nitrogens is 3. The van der Waals surface area contributed by atoms with Crippen LogP contribution in [0.15, 0.2) is 65.6 Å². The Balaban J connectivity index is 1.58. The SMILES string of the molecule is COc1ccc(-c2csc3nc(NC(=O)/C(C#N)=C/c4ccccc4)nn23)cc1. The van der Waals surface area contributed by atoms with Crippen LogP contribution in [0.3, 0.4) is 0 Å². The number of anilines is 1. The molecule has 2 aromatic carbocycles. The van der Waals surface area contributed by atoms with E-state index >= 15 is 0 Å². The fourth-order valence-corrected chi connectivity index (χ4v) is 3.56. The van der Waals surface area contributed by atoms with Crippen molar-refractivity contribution in [1.29, 1.82) is 5.26 Å². The zero-order valence-corrected chi connectivity index (χ0v) is 16.2. The van der Waals surface area contributed by atoms with Gasteiger partial charge in [-0.1, -0.05) is 30.3 Å². The molecule has 7 nitrogen and oxygen atoms in total. The number of hydrogen-bond donors (Lipinski definition) is 1. The second-order valence-corrected chi connectivity index (χ2v) is 6.85. The van der Waals surface area contributed by atoms with Gasteiger partial charge in [-0.25, -0.2) is 4.52 Å². The molecule has 0 radical (unpaired) electrons. The lowest BCUT2D eigenvalue weighted by Gasteiger charge is -2.02. The zero-order valence-electron chi connectivity index (χ0n) is 15.4. The Morgan fingerprint density at radius 3 is 2.66 bits per heavy atom. The fourth-order valence-electron chi connectivity index (χ4n) is 2.73. The van der Waals surface area contributed by atoms with E-state index in [1.54, 1.807) is 11.6 Å². The van der Waals surface area contributed by atoms with Crippen molar-refractivity contribution in [3.63, 3.8) is 0 Å². The quantitative estimate of drug-likeness (QED) is 0.403. The normalized spacial score (nSPS) is 11.2. The molecule has 2 heterocycles. The molecule has 8 heteroatoms. The van der Waals surface area contributed by atoms with Gasteiger partial charge in [-0.3, -0.25) is 10.1 Å². The highest BCUT2D eigenvalue weighted by Gasteiger charge is 2.16. The van der Waals surface area contributed by atoms with Gasteiger partial charge in [0, 0.05) is 10.9 Å². The predicted octanol–water partition coefficient (Wildman–Crippen LogP) is 4.01. The van der Waals surface area contributed by atoms with Crippen molar-refractivity contribution in [3.8, 4) is 23.1 Å². The molecule has 0 spiro atoms. The van der Waals surface area contributed by atoms with Crippen LogP contribution in [0.4, 0.5) is 5.95 Å². The maximum absolute atomic E-state index is 12.5. The molecule has 0 saturated carbocycles. The van der Waals surface area contributed by atoms with E-state index in [1.807, 2.05) is 66.0 Å². The lowest BCUT2D eigenvalue weighted by Crippen LogP contribution is -2.14. The van der Waals surface area contributed by atoms with Gasteiger partial charge >= 0.3 is 0 Å². The Morgan fingerprint density at radius 2 is 1.97 bits per heavy atom. The summed E-state index contributed by atoms with van der Waals surface area (Å²) in [6.45, 7) is 0. The number of methoxy groups -OCH3 is 1. The third kappa shape index (κ3) is 3.85. The van der Waals surface area contributed by atoms with Crippen LogP contribution in [-0.2, 0) is 4.79 Å². The molecule has 142 valence electrons. The molecule has 0 bridgehead atoms. The van der Waals surface area contributed by atoms with Gasteiger partial charge in [-0.2, -0.15) is 10.2 Å². The Kier molecular flexibility index (Phi) is 5.05. The second kappa shape index (κ2) is 7.96. The zero-order chi connectivity index (χ0) is 20.2. The minimum Gasteiger partial charge on any atom is -0.497 e. The summed E-state index contributed by atoms with van der Waals surface area (Å²) in [5.74, 6) is 0.354. The first kappa shape index (κ1) is 18.4. The molecule has 0 fully saturated rings. The van der Waals surface area contributed by atoms with Crippen molar-refractivity contribution in [2.24, 2.45) is 0 Å². The molecule has 4 aromatic rings. The Morgan fingerprint density at radius 1 is 1.21 bits per heavy atom. The van der Waals surface area contributed by atoms with E-state index < -0.39 is 5.91 Å². The van der Waals surface area contributed by atoms with E-state index in [9.17, 15) is 10.1 Å². The summed E-state index contributed by atoms with van der Waals surface area (Å²) in [7, 11) is 1.62. The highest BCUT2D eigenvalue weighted by Crippen LogP contribution is 2.27. The molecule has 0 atom stereocenters. The number of fused-ring (bicyclic) bond motifs is 1. The molecular formula is C21H15N5O2S. The molecule has 0 aliphatic rings. The van der Waals surface area contributed by atoms with Crippen LogP contribution in [0.2, 0.25) is 0 Å². The minimum atomic E-state index is -0.555. The van der Waals surface area contributed by atoms with Crippen LogP contribution in [0, 0.1) is 11.3 Å². The molecule has 4 rings (SSSR count). The number of carbonyl (C=O) groups is 1. The molecule has 1 amide bonds. The van der Waals surface area contributed by atoms with Crippen molar-refractivity contribution >= 4 is 34.2 Å². The van der Waals surface area contributed by atoms with E-state index in [4.69, 9.17) is 4.74 Å². The molecule has 0 saturated heterocycles. The summed E-state index contributed by atoms with van der Waals surface area (Å²) in [6.07, 6.45) is 1.52. The van der Waals surface area contributed by atoms with E-state index in [1.165, 1.54) is 17.4 Å². The topological polar surface area (TPSA) is 92.3 Å². The lowest BCUT2D eigenvalue weighted by atomic mass is 10.1. The highest BCUT2D eigenvalue weighted by atomic mass is 32.1. The van der Waals surface area contributed by atoms with Crippen LogP contribution in [-0.4, -0.2) is 27.6 Å². The number of nitrogens with one attached hydrogen (secondary N) is 1. The summed E-state index contributed by atoms with van der Waals surface area (Å²) in [4.78, 5) is 17.4. The smallest absolute Gasteiger partial charge is 0.268 e. The van der Waals surface area contributed by atoms with Crippen molar-refractivity contribution in [1.82, 2.24) is 14.6 Å². The van der Waals surface area contributed by atoms with E-state index in [0.717, 1.165) is 22.6 Å². The second-order valence-electron chi connectivity index (χ2n) is 6.01. The number of thiazole rings is 1. The largest absolute Gasteiger partial charge is 0.497 e. The Bertz CT molecular complexity index is 1230. The molecule has 2 aromatic heterocycles. The van der Waals surface area contributed by atoms with Crippen LogP contribution in [0.1, 0.15) is 5.56 Å². The van der Waals surface area contributed by atoms with Gasteiger partial charge in [-0.05, 0) is 35.9 Å². The van der Waals surface area contributed by atoms with Crippen molar-refractivity contribution in [2.75, 3.05) is 12.4 Å². The molecule has 1 N–H and O–H groups in total. The minimum absolute atomic E-state index is 0.0234. The first-order valence-corrected chi connectivity index (χ1v) is 9.53. The number of nitrogens with zero attached hydrogens (tertiary/aromatic N) is 4. The molecule has 0 aliphatic heterocycles. The Labute approximate surface area is 170 Å². The van der Waals surface area contributed by atoms with Gasteiger partial charge in [-0.15, -0.1) is 16.4 Å². The first-order chi connectivity index (χ1) is 14.2. The molecular weight excluding hydrogens is 386 g/mol. The molecule has 0 unspecified atom stereocenters. The Hall–Kier alpha value is -3.96. The number of rotatable bonds is 5. The number of benzene rings is 2. The van der Waals surface area contributed by atoms with Crippen molar-refractivity contribution in [2.45, 2.75) is 0 Å². The standard InChI is InChI=1S/C21H15N5O2S/c1-28-17-9-7-15(8-10-17)18-13-29-21-24-20(25-26(18)21)23-19(27)16(12-22)11-14-5-3-2-4-6-14/h2-11,13H,1H3,(H,23,25,27)/b16-11+. The summed E-state index contributed by atoms with van der Waals surface area (Å²) < 4.78 is 6.85. The molecule has 0 aliphatic carbocycles. The number of carbonyl (C=O) groups excluding carboxylic acids is 1. The third-order valence-electron chi connectivity index (χ3n) is 4.17. The van der Waals surface area contributed by atoms with Crippen LogP contribution in [0.5, 0.6) is 5.75 Å². The highest BCUT2D eigenvalue weighted by molar-refractivity contribution is 7.15. The average molecular weight is 401 g/mol. The van der Waals surface area contributed by atoms with Gasteiger partial charge < -0.3 is 4.74 Å². The van der Waals surface area contributed by atoms with Gasteiger partial charge in [0.1, 0.15) is 17.4 Å². The first-order valence-electron chi connectivity index (χ1n) is 8.65. The van der Waals surface area contributed by atoms with E-state index in [-0.39, 0.29) is 11.5 Å². The maximum Gasteiger partial charge on any atom is 0.268 e. The van der Waals surface area contributed by atoms with Crippen LogP contribution < -0.4 is 10.1 Å². The van der Waals surface area contributed by atoms with Gasteiger partial charge in [0.05, 0.1) is 12.8 Å². The van der Waals surface area contributed by atoms with Crippen LogP contribution >= 0.6 is 11.3 Å². The van der Waals surface area contributed by atoms with Crippen LogP contribution in [0.25, 0.3) is 22.3 Å². The molecule has 29 heavy (non-hydrogen) atoms. The summed E-state index contributed by atoms with van der Waals surface area (Å²) in [6, 6.07) is 18.7. The number of ether oxygens (including phenoxy) is 1. The number of nitriles is 1.